The van der Waals surface area contributed by atoms with Gasteiger partial charge in [0, 0.05) is 18.6 Å². The van der Waals surface area contributed by atoms with Gasteiger partial charge in [-0.2, -0.15) is 0 Å². The van der Waals surface area contributed by atoms with Crippen LogP contribution >= 0.6 is 0 Å². The Labute approximate surface area is 111 Å². The van der Waals surface area contributed by atoms with E-state index in [1.54, 1.807) is 0 Å². The third-order valence-electron chi connectivity index (χ3n) is 2.79. The smallest absolute Gasteiger partial charge is 0.221 e. The van der Waals surface area contributed by atoms with Crippen molar-refractivity contribution in [1.29, 1.82) is 0 Å². The summed E-state index contributed by atoms with van der Waals surface area (Å²) < 4.78 is 0. The first kappa shape index (κ1) is 13.0. The molecule has 0 unspecified atom stereocenters. The molecule has 0 heterocycles. The molecule has 98 valence electrons. The molecular formula is C15H15NO3. The van der Waals surface area contributed by atoms with Crippen molar-refractivity contribution in [2.45, 2.75) is 13.8 Å². The first-order valence-electron chi connectivity index (χ1n) is 5.88. The number of aromatic hydroxyl groups is 2. The summed E-state index contributed by atoms with van der Waals surface area (Å²) in [6.07, 6.45) is 0. The van der Waals surface area contributed by atoms with E-state index >= 15 is 0 Å². The molecule has 0 fully saturated rings. The number of carbonyl (C=O) groups is 1. The maximum Gasteiger partial charge on any atom is 0.221 e. The number of rotatable bonds is 2. The Hall–Kier alpha value is -2.49. The van der Waals surface area contributed by atoms with Crippen LogP contribution < -0.4 is 5.32 Å². The lowest BCUT2D eigenvalue weighted by Crippen LogP contribution is -2.05. The fraction of sp³-hybridized carbons (Fsp3) is 0.133. The van der Waals surface area contributed by atoms with E-state index in [0.717, 1.165) is 11.1 Å². The van der Waals surface area contributed by atoms with Gasteiger partial charge in [0.25, 0.3) is 0 Å². The normalized spacial score (nSPS) is 10.2. The molecular weight excluding hydrogens is 242 g/mol. The van der Waals surface area contributed by atoms with E-state index in [-0.39, 0.29) is 23.1 Å². The molecule has 0 spiro atoms. The summed E-state index contributed by atoms with van der Waals surface area (Å²) in [4.78, 5) is 11.0. The second-order valence-electron chi connectivity index (χ2n) is 4.43. The van der Waals surface area contributed by atoms with Crippen LogP contribution in [0.1, 0.15) is 12.5 Å². The average Bonchev–Trinajstić information content (AvgIpc) is 2.34. The molecule has 0 bridgehead atoms. The van der Waals surface area contributed by atoms with Gasteiger partial charge in [-0.15, -0.1) is 0 Å². The average molecular weight is 257 g/mol. The van der Waals surface area contributed by atoms with Crippen LogP contribution in [0.5, 0.6) is 11.5 Å². The molecule has 0 atom stereocenters. The molecule has 2 aromatic carbocycles. The predicted octanol–water partition coefficient (Wildman–Crippen LogP) is 3.03. The van der Waals surface area contributed by atoms with Crippen LogP contribution in [0.3, 0.4) is 0 Å². The number of phenols is 2. The molecule has 4 heteroatoms. The summed E-state index contributed by atoms with van der Waals surface area (Å²) in [6, 6.07) is 10.3. The molecule has 4 nitrogen and oxygen atoms in total. The maximum absolute atomic E-state index is 11.0. The summed E-state index contributed by atoms with van der Waals surface area (Å²) in [7, 11) is 0. The van der Waals surface area contributed by atoms with Crippen LogP contribution in [0.4, 0.5) is 5.69 Å². The highest BCUT2D eigenvalue weighted by atomic mass is 16.3. The lowest BCUT2D eigenvalue weighted by molar-refractivity contribution is -0.114. The van der Waals surface area contributed by atoms with Crippen molar-refractivity contribution >= 4 is 11.6 Å². The SMILES string of the molecule is CC(=O)Nc1cc(O)c(-c2ccc(C)cc2)cc1O. The molecule has 2 rings (SSSR count). The summed E-state index contributed by atoms with van der Waals surface area (Å²) >= 11 is 0. The van der Waals surface area contributed by atoms with Gasteiger partial charge in [0.15, 0.2) is 0 Å². The highest BCUT2D eigenvalue weighted by molar-refractivity contribution is 5.92. The first-order valence-corrected chi connectivity index (χ1v) is 5.88. The number of aryl methyl sites for hydroxylation is 1. The number of carbonyl (C=O) groups excluding carboxylic acids is 1. The van der Waals surface area contributed by atoms with E-state index in [2.05, 4.69) is 5.32 Å². The molecule has 0 aliphatic rings. The van der Waals surface area contributed by atoms with Gasteiger partial charge in [-0.05, 0) is 18.6 Å². The zero-order chi connectivity index (χ0) is 14.0. The molecule has 1 amide bonds. The van der Waals surface area contributed by atoms with Crippen molar-refractivity contribution in [3.63, 3.8) is 0 Å². The number of hydrogen-bond donors (Lipinski definition) is 3. The van der Waals surface area contributed by atoms with Crippen molar-refractivity contribution in [3.05, 3.63) is 42.0 Å². The van der Waals surface area contributed by atoms with Crippen molar-refractivity contribution in [1.82, 2.24) is 0 Å². The molecule has 0 aliphatic carbocycles. The van der Waals surface area contributed by atoms with E-state index in [0.29, 0.717) is 5.56 Å². The number of benzene rings is 2. The third kappa shape index (κ3) is 2.85. The molecule has 2 aromatic rings. The van der Waals surface area contributed by atoms with Crippen LogP contribution in [0.25, 0.3) is 11.1 Å². The zero-order valence-corrected chi connectivity index (χ0v) is 10.8. The summed E-state index contributed by atoms with van der Waals surface area (Å²) in [6.45, 7) is 3.31. The third-order valence-corrected chi connectivity index (χ3v) is 2.79. The highest BCUT2D eigenvalue weighted by Crippen LogP contribution is 2.37. The number of hydrogen-bond acceptors (Lipinski definition) is 3. The van der Waals surface area contributed by atoms with E-state index in [1.807, 2.05) is 31.2 Å². The van der Waals surface area contributed by atoms with Gasteiger partial charge in [0.1, 0.15) is 11.5 Å². The van der Waals surface area contributed by atoms with Crippen LogP contribution in [0.2, 0.25) is 0 Å². The Bertz CT molecular complexity index is 618. The van der Waals surface area contributed by atoms with Gasteiger partial charge < -0.3 is 15.5 Å². The lowest BCUT2D eigenvalue weighted by Gasteiger charge is -2.10. The van der Waals surface area contributed by atoms with Gasteiger partial charge in [0.2, 0.25) is 5.91 Å². The number of amides is 1. The van der Waals surface area contributed by atoms with Crippen molar-refractivity contribution in [2.75, 3.05) is 5.32 Å². The molecule has 19 heavy (non-hydrogen) atoms. The second-order valence-corrected chi connectivity index (χ2v) is 4.43. The zero-order valence-electron chi connectivity index (χ0n) is 10.8. The minimum absolute atomic E-state index is 0.00500. The Balaban J connectivity index is 2.45. The Morgan fingerprint density at radius 3 is 2.26 bits per heavy atom. The van der Waals surface area contributed by atoms with Crippen molar-refractivity contribution < 1.29 is 15.0 Å². The maximum atomic E-state index is 11.0. The largest absolute Gasteiger partial charge is 0.507 e. The molecule has 0 aliphatic heterocycles. The topological polar surface area (TPSA) is 69.6 Å². The number of anilines is 1. The Morgan fingerprint density at radius 1 is 1.05 bits per heavy atom. The predicted molar refractivity (Wildman–Crippen MR) is 74.2 cm³/mol. The van der Waals surface area contributed by atoms with E-state index < -0.39 is 0 Å². The molecule has 0 aromatic heterocycles. The minimum Gasteiger partial charge on any atom is -0.507 e. The van der Waals surface area contributed by atoms with E-state index in [1.165, 1.54) is 19.1 Å². The Morgan fingerprint density at radius 2 is 1.68 bits per heavy atom. The molecule has 3 N–H and O–H groups in total. The summed E-state index contributed by atoms with van der Waals surface area (Å²) in [5.74, 6) is -0.383. The first-order chi connectivity index (χ1) is 8.97. The van der Waals surface area contributed by atoms with Gasteiger partial charge in [-0.1, -0.05) is 29.8 Å². The fourth-order valence-corrected chi connectivity index (χ4v) is 1.83. The number of phenolic OH excluding ortho intramolecular Hbond substituents is 2. The van der Waals surface area contributed by atoms with Crippen molar-refractivity contribution in [3.8, 4) is 22.6 Å². The summed E-state index contributed by atoms with van der Waals surface area (Å²) in [5, 5.41) is 22.3. The molecule has 0 saturated carbocycles. The van der Waals surface area contributed by atoms with E-state index in [9.17, 15) is 15.0 Å². The summed E-state index contributed by atoms with van der Waals surface area (Å²) in [5.41, 5.74) is 2.63. The van der Waals surface area contributed by atoms with Gasteiger partial charge >= 0.3 is 0 Å². The Kier molecular flexibility index (Phi) is 3.42. The molecule has 0 saturated heterocycles. The van der Waals surface area contributed by atoms with E-state index in [4.69, 9.17) is 0 Å². The minimum atomic E-state index is -0.308. The highest BCUT2D eigenvalue weighted by Gasteiger charge is 2.11. The van der Waals surface area contributed by atoms with Crippen LogP contribution in [0.15, 0.2) is 36.4 Å². The quantitative estimate of drug-likeness (QED) is 0.572. The fourth-order valence-electron chi connectivity index (χ4n) is 1.83. The standard InChI is InChI=1S/C15H15NO3/c1-9-3-5-11(6-4-9)12-7-15(19)13(8-14(12)18)16-10(2)17/h3-8,18-19H,1-2H3,(H,16,17). The lowest BCUT2D eigenvalue weighted by atomic mass is 10.0. The molecule has 0 radical (unpaired) electrons. The number of nitrogens with one attached hydrogen (secondary N) is 1. The van der Waals surface area contributed by atoms with Crippen LogP contribution in [0, 0.1) is 6.92 Å². The van der Waals surface area contributed by atoms with Crippen LogP contribution in [-0.4, -0.2) is 16.1 Å². The van der Waals surface area contributed by atoms with Crippen molar-refractivity contribution in [2.24, 2.45) is 0 Å². The second kappa shape index (κ2) is 5.02. The monoisotopic (exact) mass is 257 g/mol. The van der Waals surface area contributed by atoms with Crippen LogP contribution in [-0.2, 0) is 4.79 Å². The van der Waals surface area contributed by atoms with Gasteiger partial charge in [-0.25, -0.2) is 0 Å². The van der Waals surface area contributed by atoms with Gasteiger partial charge in [0.05, 0.1) is 5.69 Å². The van der Waals surface area contributed by atoms with Gasteiger partial charge in [-0.3, -0.25) is 4.79 Å².